The Morgan fingerprint density at radius 1 is 1.55 bits per heavy atom. The van der Waals surface area contributed by atoms with Gasteiger partial charge in [0.15, 0.2) is 0 Å². The van der Waals surface area contributed by atoms with Gasteiger partial charge < -0.3 is 5.32 Å². The van der Waals surface area contributed by atoms with E-state index in [0.717, 1.165) is 13.1 Å². The van der Waals surface area contributed by atoms with Crippen molar-refractivity contribution >= 4 is 10.0 Å². The molecule has 0 unspecified atom stereocenters. The van der Waals surface area contributed by atoms with Gasteiger partial charge in [0.25, 0.3) is 0 Å². The first kappa shape index (κ1) is 16.9. The third kappa shape index (κ3) is 4.16. The maximum Gasteiger partial charge on any atom is 0.246 e. The Balaban J connectivity index is 2.89. The number of sulfonamides is 1. The van der Waals surface area contributed by atoms with E-state index in [4.69, 9.17) is 0 Å². The molecule has 0 fully saturated rings. The minimum absolute atomic E-state index is 0.122. The van der Waals surface area contributed by atoms with E-state index in [9.17, 15) is 8.42 Å². The van der Waals surface area contributed by atoms with Crippen LogP contribution in [0.3, 0.4) is 0 Å². The second-order valence-corrected chi connectivity index (χ2v) is 6.64. The Labute approximate surface area is 121 Å². The highest BCUT2D eigenvalue weighted by atomic mass is 32.2. The molecular weight excluding hydrogens is 276 g/mol. The molecule has 0 aliphatic rings. The molecule has 6 nitrogen and oxygen atoms in total. The molecule has 0 bridgehead atoms. The minimum atomic E-state index is -3.51. The Morgan fingerprint density at radius 2 is 2.25 bits per heavy atom. The lowest BCUT2D eigenvalue weighted by Gasteiger charge is -2.23. The smallest absolute Gasteiger partial charge is 0.246 e. The van der Waals surface area contributed by atoms with Crippen LogP contribution >= 0.6 is 0 Å². The predicted octanol–water partition coefficient (Wildman–Crippen LogP) is 1.08. The van der Waals surface area contributed by atoms with Crippen LogP contribution in [0.15, 0.2) is 29.9 Å². The van der Waals surface area contributed by atoms with Crippen molar-refractivity contribution in [1.29, 1.82) is 0 Å². The molecule has 1 N–H and O–H groups in total. The maximum absolute atomic E-state index is 12.5. The van der Waals surface area contributed by atoms with Crippen molar-refractivity contribution in [2.75, 3.05) is 19.6 Å². The Kier molecular flexibility index (Phi) is 6.38. The molecule has 7 heteroatoms. The number of hydrogen-bond donors (Lipinski definition) is 1. The zero-order valence-corrected chi connectivity index (χ0v) is 13.2. The zero-order valence-electron chi connectivity index (χ0n) is 12.4. The summed E-state index contributed by atoms with van der Waals surface area (Å²) in [6.07, 6.45) is 4.57. The summed E-state index contributed by atoms with van der Waals surface area (Å²) in [6, 6.07) is -0.122. The van der Waals surface area contributed by atoms with Crippen LogP contribution in [0.5, 0.6) is 0 Å². The summed E-state index contributed by atoms with van der Waals surface area (Å²) in [7, 11) is -3.51. The summed E-state index contributed by atoms with van der Waals surface area (Å²) < 4.78 is 28.1. The molecule has 1 heterocycles. The number of hydrogen-bond acceptors (Lipinski definition) is 4. The standard InChI is InChI=1S/C13H24N4O2S/c1-5-8-17(12(3)4)20(18,19)13-10-15-16(11-13)9-7-14-6-2/h5,10-12,14H,1,6-9H2,2-4H3. The van der Waals surface area contributed by atoms with E-state index in [0.29, 0.717) is 13.1 Å². The fraction of sp³-hybridized carbons (Fsp3) is 0.615. The fourth-order valence-corrected chi connectivity index (χ4v) is 3.38. The number of nitrogens with one attached hydrogen (secondary N) is 1. The fourth-order valence-electron chi connectivity index (χ4n) is 1.82. The van der Waals surface area contributed by atoms with Gasteiger partial charge in [0, 0.05) is 25.3 Å². The average molecular weight is 300 g/mol. The van der Waals surface area contributed by atoms with Crippen molar-refractivity contribution in [3.63, 3.8) is 0 Å². The van der Waals surface area contributed by atoms with Gasteiger partial charge in [-0.25, -0.2) is 8.42 Å². The SMILES string of the molecule is C=CCN(C(C)C)S(=O)(=O)c1cnn(CCNCC)c1. The Morgan fingerprint density at radius 3 is 2.80 bits per heavy atom. The van der Waals surface area contributed by atoms with Crippen LogP contribution in [-0.4, -0.2) is 48.2 Å². The van der Waals surface area contributed by atoms with Crippen molar-refractivity contribution in [2.45, 2.75) is 38.3 Å². The van der Waals surface area contributed by atoms with Gasteiger partial charge in [0.1, 0.15) is 4.90 Å². The van der Waals surface area contributed by atoms with Crippen molar-refractivity contribution in [1.82, 2.24) is 19.4 Å². The van der Waals surface area contributed by atoms with Gasteiger partial charge in [-0.3, -0.25) is 4.68 Å². The molecule has 114 valence electrons. The predicted molar refractivity (Wildman–Crippen MR) is 80.0 cm³/mol. The van der Waals surface area contributed by atoms with E-state index in [1.807, 2.05) is 20.8 Å². The Hall–Kier alpha value is -1.18. The highest BCUT2D eigenvalue weighted by Gasteiger charge is 2.27. The van der Waals surface area contributed by atoms with Gasteiger partial charge in [0.05, 0.1) is 12.7 Å². The van der Waals surface area contributed by atoms with Crippen molar-refractivity contribution in [2.24, 2.45) is 0 Å². The van der Waals surface area contributed by atoms with E-state index in [1.54, 1.807) is 17.0 Å². The summed E-state index contributed by atoms with van der Waals surface area (Å²) in [5.41, 5.74) is 0. The molecule has 0 atom stereocenters. The first-order valence-electron chi connectivity index (χ1n) is 6.79. The maximum atomic E-state index is 12.5. The number of likely N-dealkylation sites (N-methyl/N-ethyl adjacent to an activating group) is 1. The molecule has 0 aliphatic heterocycles. The van der Waals surface area contributed by atoms with Crippen molar-refractivity contribution in [3.05, 3.63) is 25.0 Å². The lowest BCUT2D eigenvalue weighted by Crippen LogP contribution is -2.36. The van der Waals surface area contributed by atoms with Crippen molar-refractivity contribution in [3.8, 4) is 0 Å². The van der Waals surface area contributed by atoms with Crippen LogP contribution in [-0.2, 0) is 16.6 Å². The topological polar surface area (TPSA) is 67.2 Å². The van der Waals surface area contributed by atoms with Gasteiger partial charge in [-0.2, -0.15) is 9.40 Å². The molecular formula is C13H24N4O2S. The van der Waals surface area contributed by atoms with E-state index in [1.165, 1.54) is 10.5 Å². The van der Waals surface area contributed by atoms with Crippen LogP contribution < -0.4 is 5.32 Å². The third-order valence-electron chi connectivity index (χ3n) is 2.87. The lowest BCUT2D eigenvalue weighted by atomic mass is 10.4. The average Bonchev–Trinajstić information content (AvgIpc) is 2.85. The van der Waals surface area contributed by atoms with Crippen LogP contribution in [0.1, 0.15) is 20.8 Å². The van der Waals surface area contributed by atoms with Gasteiger partial charge in [-0.1, -0.05) is 13.0 Å². The minimum Gasteiger partial charge on any atom is -0.315 e. The molecule has 0 aliphatic carbocycles. The Bertz CT molecular complexity index is 522. The summed E-state index contributed by atoms with van der Waals surface area (Å²) in [5.74, 6) is 0. The summed E-state index contributed by atoms with van der Waals surface area (Å²) in [6.45, 7) is 11.9. The van der Waals surface area contributed by atoms with Gasteiger partial charge in [-0.05, 0) is 20.4 Å². The van der Waals surface area contributed by atoms with E-state index < -0.39 is 10.0 Å². The van der Waals surface area contributed by atoms with E-state index in [2.05, 4.69) is 17.0 Å². The summed E-state index contributed by atoms with van der Waals surface area (Å²) in [5, 5.41) is 7.27. The highest BCUT2D eigenvalue weighted by molar-refractivity contribution is 7.89. The normalized spacial score (nSPS) is 12.2. The number of rotatable bonds is 9. The second kappa shape index (κ2) is 7.56. The van der Waals surface area contributed by atoms with Gasteiger partial charge in [0.2, 0.25) is 10.0 Å². The largest absolute Gasteiger partial charge is 0.315 e. The molecule has 1 rings (SSSR count). The van der Waals surface area contributed by atoms with Crippen LogP contribution in [0.4, 0.5) is 0 Å². The van der Waals surface area contributed by atoms with Crippen LogP contribution in [0.2, 0.25) is 0 Å². The molecule has 0 radical (unpaired) electrons. The molecule has 0 aromatic carbocycles. The molecule has 0 saturated heterocycles. The summed E-state index contributed by atoms with van der Waals surface area (Å²) in [4.78, 5) is 0.226. The van der Waals surface area contributed by atoms with E-state index >= 15 is 0 Å². The zero-order chi connectivity index (χ0) is 15.2. The first-order valence-corrected chi connectivity index (χ1v) is 8.23. The molecule has 0 amide bonds. The molecule has 1 aromatic rings. The first-order chi connectivity index (χ1) is 9.43. The number of aromatic nitrogens is 2. The second-order valence-electron chi connectivity index (χ2n) is 4.75. The molecule has 20 heavy (non-hydrogen) atoms. The van der Waals surface area contributed by atoms with Crippen LogP contribution in [0.25, 0.3) is 0 Å². The molecule has 0 spiro atoms. The van der Waals surface area contributed by atoms with Gasteiger partial charge >= 0.3 is 0 Å². The number of nitrogens with zero attached hydrogens (tertiary/aromatic N) is 3. The monoisotopic (exact) mass is 300 g/mol. The molecule has 1 aromatic heterocycles. The highest BCUT2D eigenvalue weighted by Crippen LogP contribution is 2.17. The van der Waals surface area contributed by atoms with E-state index in [-0.39, 0.29) is 10.9 Å². The van der Waals surface area contributed by atoms with Crippen molar-refractivity contribution < 1.29 is 8.42 Å². The third-order valence-corrected chi connectivity index (χ3v) is 4.86. The van der Waals surface area contributed by atoms with Crippen LogP contribution in [0, 0.1) is 0 Å². The lowest BCUT2D eigenvalue weighted by molar-refractivity contribution is 0.383. The quantitative estimate of drug-likeness (QED) is 0.547. The summed E-state index contributed by atoms with van der Waals surface area (Å²) >= 11 is 0. The van der Waals surface area contributed by atoms with Gasteiger partial charge in [-0.15, -0.1) is 6.58 Å². The molecule has 0 saturated carbocycles.